The maximum atomic E-state index is 12.8. The van der Waals surface area contributed by atoms with Crippen LogP contribution in [0.2, 0.25) is 0 Å². The van der Waals surface area contributed by atoms with Crippen molar-refractivity contribution in [1.82, 2.24) is 14.9 Å². The molecule has 1 saturated heterocycles. The van der Waals surface area contributed by atoms with Crippen molar-refractivity contribution < 1.29 is 19.0 Å². The summed E-state index contributed by atoms with van der Waals surface area (Å²) in [6.07, 6.45) is 3.97. The van der Waals surface area contributed by atoms with Crippen molar-refractivity contribution in [2.24, 2.45) is 0 Å². The number of benzene rings is 1. The molecular weight excluding hydrogens is 408 g/mol. The van der Waals surface area contributed by atoms with E-state index >= 15 is 0 Å². The number of fused-ring (bicyclic) bond motifs is 1. The number of amides is 2. The highest BCUT2D eigenvalue weighted by Gasteiger charge is 2.27. The molecule has 2 aromatic rings. The summed E-state index contributed by atoms with van der Waals surface area (Å²) >= 11 is 0. The maximum absolute atomic E-state index is 12.8. The van der Waals surface area contributed by atoms with Gasteiger partial charge in [-0.2, -0.15) is 4.98 Å². The third-order valence-corrected chi connectivity index (χ3v) is 5.76. The zero-order valence-corrected chi connectivity index (χ0v) is 18.9. The molecule has 172 valence electrons. The Bertz CT molecular complexity index is 919. The van der Waals surface area contributed by atoms with Gasteiger partial charge in [-0.25, -0.2) is 9.78 Å². The van der Waals surface area contributed by atoms with Crippen LogP contribution in [0.3, 0.4) is 0 Å². The number of ether oxygens (including phenoxy) is 3. The van der Waals surface area contributed by atoms with Crippen LogP contribution in [0.15, 0.2) is 24.3 Å². The summed E-state index contributed by atoms with van der Waals surface area (Å²) in [4.78, 5) is 24.0. The fourth-order valence-corrected chi connectivity index (χ4v) is 4.10. The molecule has 0 bridgehead atoms. The average molecular weight is 441 g/mol. The second kappa shape index (κ2) is 10.6. The van der Waals surface area contributed by atoms with Gasteiger partial charge in [0.2, 0.25) is 5.88 Å². The van der Waals surface area contributed by atoms with Crippen LogP contribution >= 0.6 is 0 Å². The van der Waals surface area contributed by atoms with Crippen LogP contribution in [-0.2, 0) is 24.0 Å². The van der Waals surface area contributed by atoms with E-state index in [2.05, 4.69) is 10.3 Å². The lowest BCUT2D eigenvalue weighted by atomic mass is 10.1. The minimum atomic E-state index is -0.119. The van der Waals surface area contributed by atoms with E-state index < -0.39 is 0 Å². The number of piperidine rings is 1. The van der Waals surface area contributed by atoms with E-state index in [1.54, 1.807) is 0 Å². The first-order chi connectivity index (χ1) is 15.7. The number of nitrogens with zero attached hydrogens (tertiary/aromatic N) is 3. The van der Waals surface area contributed by atoms with Gasteiger partial charge in [0.05, 0.1) is 32.1 Å². The molecule has 32 heavy (non-hydrogen) atoms. The predicted molar refractivity (Wildman–Crippen MR) is 121 cm³/mol. The SMILES string of the molecule is CCOc1ccc(NC(=O)N2CCCC(Oc3nc(CC)nc4c3CCOCC4)C2)cc1. The highest BCUT2D eigenvalue weighted by Crippen LogP contribution is 2.26. The number of carbonyl (C=O) groups is 1. The second-order valence-corrected chi connectivity index (χ2v) is 8.05. The molecule has 4 rings (SSSR count). The molecule has 1 unspecified atom stereocenters. The molecule has 0 aliphatic carbocycles. The quantitative estimate of drug-likeness (QED) is 0.738. The number of urea groups is 1. The summed E-state index contributed by atoms with van der Waals surface area (Å²) in [5.74, 6) is 2.25. The normalized spacial score (nSPS) is 18.4. The van der Waals surface area contributed by atoms with Crippen LogP contribution in [0.25, 0.3) is 0 Å². The van der Waals surface area contributed by atoms with Crippen LogP contribution in [-0.4, -0.2) is 59.9 Å². The van der Waals surface area contributed by atoms with Gasteiger partial charge in [0.25, 0.3) is 0 Å². The summed E-state index contributed by atoms with van der Waals surface area (Å²) in [7, 11) is 0. The Hall–Kier alpha value is -2.87. The standard InChI is InChI=1S/C24H32N4O4/c1-3-22-26-21-12-15-30-14-11-20(21)23(27-22)32-19-6-5-13-28(16-19)24(29)25-17-7-9-18(10-8-17)31-4-2/h7-10,19H,3-6,11-16H2,1-2H3,(H,25,29). The van der Waals surface area contributed by atoms with Gasteiger partial charge in [-0.1, -0.05) is 6.92 Å². The third-order valence-electron chi connectivity index (χ3n) is 5.76. The Labute approximate surface area is 189 Å². The van der Waals surface area contributed by atoms with Gasteiger partial charge in [-0.3, -0.25) is 0 Å². The van der Waals surface area contributed by atoms with Crippen LogP contribution in [0.5, 0.6) is 11.6 Å². The second-order valence-electron chi connectivity index (χ2n) is 8.05. The van der Waals surface area contributed by atoms with Crippen molar-refractivity contribution >= 4 is 11.7 Å². The molecule has 0 spiro atoms. The summed E-state index contributed by atoms with van der Waals surface area (Å²) in [5, 5.41) is 2.98. The molecule has 2 amide bonds. The Balaban J connectivity index is 1.41. The van der Waals surface area contributed by atoms with Gasteiger partial charge >= 0.3 is 6.03 Å². The van der Waals surface area contributed by atoms with Gasteiger partial charge < -0.3 is 24.4 Å². The van der Waals surface area contributed by atoms with Crippen molar-refractivity contribution in [2.45, 2.75) is 52.1 Å². The van der Waals surface area contributed by atoms with E-state index in [4.69, 9.17) is 19.2 Å². The van der Waals surface area contributed by atoms with E-state index in [1.807, 2.05) is 43.0 Å². The van der Waals surface area contributed by atoms with Crippen LogP contribution in [0.1, 0.15) is 43.8 Å². The van der Waals surface area contributed by atoms with E-state index in [0.717, 1.165) is 60.6 Å². The Kier molecular flexibility index (Phi) is 7.42. The van der Waals surface area contributed by atoms with E-state index in [-0.39, 0.29) is 12.1 Å². The van der Waals surface area contributed by atoms with Crippen molar-refractivity contribution in [1.29, 1.82) is 0 Å². The predicted octanol–water partition coefficient (Wildman–Crippen LogP) is 3.63. The number of nitrogens with one attached hydrogen (secondary N) is 1. The molecule has 1 atom stereocenters. The lowest BCUT2D eigenvalue weighted by Crippen LogP contribution is -2.46. The summed E-state index contributed by atoms with van der Waals surface area (Å²) in [5.41, 5.74) is 2.83. The first-order valence-corrected chi connectivity index (χ1v) is 11.6. The summed E-state index contributed by atoms with van der Waals surface area (Å²) < 4.78 is 17.5. The number of hydrogen-bond donors (Lipinski definition) is 1. The van der Waals surface area contributed by atoms with Crippen molar-refractivity contribution in [3.8, 4) is 11.6 Å². The molecule has 1 aromatic carbocycles. The topological polar surface area (TPSA) is 85.8 Å². The van der Waals surface area contributed by atoms with E-state index in [1.165, 1.54) is 0 Å². The van der Waals surface area contributed by atoms with Gasteiger partial charge in [0.15, 0.2) is 0 Å². The maximum Gasteiger partial charge on any atom is 0.321 e. The molecule has 1 N–H and O–H groups in total. The number of aryl methyl sites for hydroxylation is 1. The Morgan fingerprint density at radius 3 is 2.78 bits per heavy atom. The Morgan fingerprint density at radius 1 is 1.19 bits per heavy atom. The lowest BCUT2D eigenvalue weighted by molar-refractivity contribution is 0.101. The number of anilines is 1. The average Bonchev–Trinajstić information content (AvgIpc) is 3.06. The van der Waals surface area contributed by atoms with E-state index in [0.29, 0.717) is 38.8 Å². The number of carbonyl (C=O) groups excluding carboxylic acids is 1. The number of rotatable bonds is 6. The van der Waals surface area contributed by atoms with E-state index in [9.17, 15) is 4.79 Å². The number of aromatic nitrogens is 2. The molecular formula is C24H32N4O4. The fourth-order valence-electron chi connectivity index (χ4n) is 4.10. The molecule has 1 aromatic heterocycles. The minimum Gasteiger partial charge on any atom is -0.494 e. The highest BCUT2D eigenvalue weighted by molar-refractivity contribution is 5.89. The zero-order chi connectivity index (χ0) is 22.3. The lowest BCUT2D eigenvalue weighted by Gasteiger charge is -2.33. The third kappa shape index (κ3) is 5.48. The zero-order valence-electron chi connectivity index (χ0n) is 18.9. The van der Waals surface area contributed by atoms with Crippen LogP contribution < -0.4 is 14.8 Å². The highest BCUT2D eigenvalue weighted by atomic mass is 16.5. The summed E-state index contributed by atoms with van der Waals surface area (Å²) in [6.45, 7) is 7.17. The van der Waals surface area contributed by atoms with Crippen molar-refractivity contribution in [3.05, 3.63) is 41.3 Å². The first kappa shape index (κ1) is 22.3. The van der Waals surface area contributed by atoms with Gasteiger partial charge in [0, 0.05) is 37.1 Å². The molecule has 2 aliphatic heterocycles. The minimum absolute atomic E-state index is 0.0947. The van der Waals surface area contributed by atoms with Crippen molar-refractivity contribution in [3.63, 3.8) is 0 Å². The summed E-state index contributed by atoms with van der Waals surface area (Å²) in [6, 6.07) is 7.30. The molecule has 8 nitrogen and oxygen atoms in total. The fraction of sp³-hybridized carbons (Fsp3) is 0.542. The monoisotopic (exact) mass is 440 g/mol. The van der Waals surface area contributed by atoms with Crippen LogP contribution in [0.4, 0.5) is 10.5 Å². The van der Waals surface area contributed by atoms with Gasteiger partial charge in [-0.15, -0.1) is 0 Å². The molecule has 8 heteroatoms. The molecule has 2 aliphatic rings. The Morgan fingerprint density at radius 2 is 2.00 bits per heavy atom. The molecule has 1 fully saturated rings. The number of likely N-dealkylation sites (tertiary alicyclic amines) is 1. The molecule has 3 heterocycles. The first-order valence-electron chi connectivity index (χ1n) is 11.6. The smallest absolute Gasteiger partial charge is 0.321 e. The largest absolute Gasteiger partial charge is 0.494 e. The molecule has 0 radical (unpaired) electrons. The van der Waals surface area contributed by atoms with Gasteiger partial charge in [0.1, 0.15) is 17.7 Å². The molecule has 0 saturated carbocycles. The van der Waals surface area contributed by atoms with Crippen molar-refractivity contribution in [2.75, 3.05) is 38.2 Å². The number of hydrogen-bond acceptors (Lipinski definition) is 6. The van der Waals surface area contributed by atoms with Gasteiger partial charge in [-0.05, 0) is 44.0 Å². The van der Waals surface area contributed by atoms with Crippen LogP contribution in [0, 0.1) is 0 Å².